The summed E-state index contributed by atoms with van der Waals surface area (Å²) in [5.41, 5.74) is 3.14. The minimum Gasteiger partial charge on any atom is -0.342 e. The van der Waals surface area contributed by atoms with Crippen LogP contribution in [0.4, 0.5) is 5.82 Å². The lowest BCUT2D eigenvalue weighted by Crippen LogP contribution is -2.30. The average Bonchev–Trinajstić information content (AvgIpc) is 3.34. The second-order valence-corrected chi connectivity index (χ2v) is 9.20. The zero-order chi connectivity index (χ0) is 22.0. The molecule has 6 heteroatoms. The van der Waals surface area contributed by atoms with E-state index in [1.807, 2.05) is 34.9 Å². The maximum atomic E-state index is 12.7. The molecule has 2 aliphatic heterocycles. The topological polar surface area (TPSA) is 66.4 Å². The van der Waals surface area contributed by atoms with Gasteiger partial charge in [0.15, 0.2) is 0 Å². The van der Waals surface area contributed by atoms with Crippen molar-refractivity contribution in [1.29, 1.82) is 0 Å². The van der Waals surface area contributed by atoms with Crippen LogP contribution in [-0.2, 0) is 22.4 Å². The first-order valence-electron chi connectivity index (χ1n) is 11.4. The Labute approximate surface area is 184 Å². The molecule has 1 aromatic carbocycles. The molecule has 0 spiro atoms. The summed E-state index contributed by atoms with van der Waals surface area (Å²) in [5, 5.41) is 0. The molecule has 0 saturated carbocycles. The molecule has 0 aliphatic carbocycles. The van der Waals surface area contributed by atoms with Gasteiger partial charge in [-0.05, 0) is 37.7 Å². The molecular weight excluding hydrogens is 388 g/mol. The van der Waals surface area contributed by atoms with Gasteiger partial charge in [0.25, 0.3) is 0 Å². The van der Waals surface area contributed by atoms with Crippen LogP contribution < -0.4 is 4.90 Å². The monoisotopic (exact) mass is 420 g/mol. The van der Waals surface area contributed by atoms with E-state index in [4.69, 9.17) is 9.97 Å². The van der Waals surface area contributed by atoms with E-state index in [0.717, 1.165) is 48.7 Å². The van der Waals surface area contributed by atoms with Gasteiger partial charge in [-0.1, -0.05) is 44.2 Å². The zero-order valence-electron chi connectivity index (χ0n) is 18.8. The molecule has 6 nitrogen and oxygen atoms in total. The highest BCUT2D eigenvalue weighted by Crippen LogP contribution is 2.33. The van der Waals surface area contributed by atoms with E-state index < -0.39 is 0 Å². The standard InChI is InChI=1S/C25H32N4O2/c1-17(2)14-22(30)28-13-11-20(16-28)24-26-18(3)21-15-23(31)29(25(21)27-24)12-7-10-19-8-5-4-6-9-19/h4-6,8-9,17,20H,7,10-16H2,1-3H3/t20-/m0/s1. The molecule has 0 radical (unpaired) electrons. The number of carbonyl (C=O) groups excluding carboxylic acids is 2. The molecule has 2 aliphatic rings. The molecule has 164 valence electrons. The molecule has 0 unspecified atom stereocenters. The minimum absolute atomic E-state index is 0.109. The Bertz CT molecular complexity index is 957. The van der Waals surface area contributed by atoms with E-state index >= 15 is 0 Å². The number of rotatable bonds is 7. The summed E-state index contributed by atoms with van der Waals surface area (Å²) in [6, 6.07) is 10.4. The number of aromatic nitrogens is 2. The van der Waals surface area contributed by atoms with Crippen LogP contribution in [0.1, 0.15) is 61.7 Å². The van der Waals surface area contributed by atoms with Crippen LogP contribution in [0.2, 0.25) is 0 Å². The lowest BCUT2D eigenvalue weighted by Gasteiger charge is -2.19. The Morgan fingerprint density at radius 2 is 1.97 bits per heavy atom. The molecule has 31 heavy (non-hydrogen) atoms. The maximum Gasteiger partial charge on any atom is 0.232 e. The molecule has 2 aromatic rings. The third-order valence-electron chi connectivity index (χ3n) is 6.27. The van der Waals surface area contributed by atoms with Crippen molar-refractivity contribution >= 4 is 17.6 Å². The van der Waals surface area contributed by atoms with Gasteiger partial charge in [-0.2, -0.15) is 0 Å². The van der Waals surface area contributed by atoms with Gasteiger partial charge in [0.05, 0.1) is 6.42 Å². The Morgan fingerprint density at radius 1 is 1.19 bits per heavy atom. The normalized spacial score (nSPS) is 18.2. The number of hydrogen-bond acceptors (Lipinski definition) is 4. The van der Waals surface area contributed by atoms with Crippen molar-refractivity contribution in [3.8, 4) is 0 Å². The van der Waals surface area contributed by atoms with E-state index in [0.29, 0.717) is 31.8 Å². The largest absolute Gasteiger partial charge is 0.342 e. The molecule has 3 heterocycles. The molecule has 0 N–H and O–H groups in total. The molecule has 1 aromatic heterocycles. The highest BCUT2D eigenvalue weighted by Gasteiger charge is 2.34. The van der Waals surface area contributed by atoms with Crippen molar-refractivity contribution in [3.63, 3.8) is 0 Å². The van der Waals surface area contributed by atoms with Gasteiger partial charge in [0.2, 0.25) is 11.8 Å². The summed E-state index contributed by atoms with van der Waals surface area (Å²) in [6.07, 6.45) is 3.68. The fraction of sp³-hybridized carbons (Fsp3) is 0.520. The predicted octanol–water partition coefficient (Wildman–Crippen LogP) is 3.67. The Balaban J connectivity index is 1.46. The second-order valence-electron chi connectivity index (χ2n) is 9.20. The molecule has 0 bridgehead atoms. The highest BCUT2D eigenvalue weighted by atomic mass is 16.2. The lowest BCUT2D eigenvalue weighted by atomic mass is 10.1. The molecule has 1 fully saturated rings. The first-order valence-corrected chi connectivity index (χ1v) is 11.4. The Kier molecular flexibility index (Phi) is 6.35. The number of fused-ring (bicyclic) bond motifs is 1. The van der Waals surface area contributed by atoms with Crippen molar-refractivity contribution in [3.05, 3.63) is 53.0 Å². The fourth-order valence-electron chi connectivity index (χ4n) is 4.57. The summed E-state index contributed by atoms with van der Waals surface area (Å²) >= 11 is 0. The summed E-state index contributed by atoms with van der Waals surface area (Å²) in [7, 11) is 0. The first-order chi connectivity index (χ1) is 14.9. The molecule has 4 rings (SSSR count). The van der Waals surface area contributed by atoms with Crippen molar-refractivity contribution in [2.75, 3.05) is 24.5 Å². The second kappa shape index (κ2) is 9.16. The third kappa shape index (κ3) is 4.78. The van der Waals surface area contributed by atoms with Crippen molar-refractivity contribution in [2.45, 2.75) is 58.8 Å². The van der Waals surface area contributed by atoms with Crippen molar-refractivity contribution in [1.82, 2.24) is 14.9 Å². The van der Waals surface area contributed by atoms with Crippen LogP contribution in [0.15, 0.2) is 30.3 Å². The summed E-state index contributed by atoms with van der Waals surface area (Å²) in [6.45, 7) is 8.21. The van der Waals surface area contributed by atoms with Gasteiger partial charge >= 0.3 is 0 Å². The van der Waals surface area contributed by atoms with Crippen LogP contribution in [0.25, 0.3) is 0 Å². The number of aryl methyl sites for hydroxylation is 2. The van der Waals surface area contributed by atoms with Gasteiger partial charge in [-0.3, -0.25) is 14.5 Å². The summed E-state index contributed by atoms with van der Waals surface area (Å²) in [5.74, 6) is 2.39. The summed E-state index contributed by atoms with van der Waals surface area (Å²) in [4.78, 5) is 38.6. The van der Waals surface area contributed by atoms with E-state index in [1.165, 1.54) is 5.56 Å². The predicted molar refractivity (Wildman–Crippen MR) is 121 cm³/mol. The number of anilines is 1. The van der Waals surface area contributed by atoms with Crippen molar-refractivity contribution in [2.24, 2.45) is 5.92 Å². The average molecular weight is 421 g/mol. The molecular formula is C25H32N4O2. The third-order valence-corrected chi connectivity index (χ3v) is 6.27. The molecule has 1 saturated heterocycles. The number of hydrogen-bond donors (Lipinski definition) is 0. The SMILES string of the molecule is Cc1nc([C@H]2CCN(C(=O)CC(C)C)C2)nc2c1CC(=O)N2CCCc1ccccc1. The Morgan fingerprint density at radius 3 is 2.71 bits per heavy atom. The number of nitrogens with zero attached hydrogens (tertiary/aromatic N) is 4. The Hall–Kier alpha value is -2.76. The van der Waals surface area contributed by atoms with Gasteiger partial charge in [-0.25, -0.2) is 9.97 Å². The molecule has 1 atom stereocenters. The number of amides is 2. The quantitative estimate of drug-likeness (QED) is 0.686. The maximum absolute atomic E-state index is 12.7. The van der Waals surface area contributed by atoms with Gasteiger partial charge in [-0.15, -0.1) is 0 Å². The number of benzene rings is 1. The van der Waals surface area contributed by atoms with Crippen LogP contribution in [0.3, 0.4) is 0 Å². The zero-order valence-corrected chi connectivity index (χ0v) is 18.8. The highest BCUT2D eigenvalue weighted by molar-refractivity contribution is 6.00. The van der Waals surface area contributed by atoms with Gasteiger partial charge in [0.1, 0.15) is 11.6 Å². The van der Waals surface area contributed by atoms with Crippen LogP contribution in [-0.4, -0.2) is 46.3 Å². The van der Waals surface area contributed by atoms with Gasteiger partial charge in [0, 0.05) is 43.2 Å². The van der Waals surface area contributed by atoms with Gasteiger partial charge < -0.3 is 4.90 Å². The number of likely N-dealkylation sites (tertiary alicyclic amines) is 1. The van der Waals surface area contributed by atoms with E-state index in [1.54, 1.807) is 0 Å². The van der Waals surface area contributed by atoms with E-state index in [9.17, 15) is 9.59 Å². The first kappa shape index (κ1) is 21.5. The fourth-order valence-corrected chi connectivity index (χ4v) is 4.57. The van der Waals surface area contributed by atoms with Crippen LogP contribution >= 0.6 is 0 Å². The van der Waals surface area contributed by atoms with E-state index in [2.05, 4.69) is 26.0 Å². The van der Waals surface area contributed by atoms with E-state index in [-0.39, 0.29) is 17.7 Å². The minimum atomic E-state index is 0.109. The lowest BCUT2D eigenvalue weighted by molar-refractivity contribution is -0.130. The van der Waals surface area contributed by atoms with Crippen LogP contribution in [0, 0.1) is 12.8 Å². The van der Waals surface area contributed by atoms with Crippen LogP contribution in [0.5, 0.6) is 0 Å². The molecule has 2 amide bonds. The smallest absolute Gasteiger partial charge is 0.232 e. The summed E-state index contributed by atoms with van der Waals surface area (Å²) < 4.78 is 0. The van der Waals surface area contributed by atoms with Crippen molar-refractivity contribution < 1.29 is 9.59 Å². The number of carbonyl (C=O) groups is 2.